The summed E-state index contributed by atoms with van der Waals surface area (Å²) in [7, 11) is 1.61. The van der Waals surface area contributed by atoms with Crippen molar-refractivity contribution in [2.75, 3.05) is 24.8 Å². The van der Waals surface area contributed by atoms with Gasteiger partial charge in [0.25, 0.3) is 0 Å². The Kier molecular flexibility index (Phi) is 7.39. The number of ether oxygens (including phenoxy) is 2. The number of nitrogens with one attached hydrogen (secondary N) is 1. The molecular weight excluding hydrogens is 450 g/mol. The van der Waals surface area contributed by atoms with Crippen LogP contribution >= 0.6 is 11.8 Å². The molecule has 0 radical (unpaired) electrons. The lowest BCUT2D eigenvalue weighted by Gasteiger charge is -2.10. The first-order valence-corrected chi connectivity index (χ1v) is 11.7. The van der Waals surface area contributed by atoms with Gasteiger partial charge >= 0.3 is 5.97 Å². The Morgan fingerprint density at radius 3 is 2.44 bits per heavy atom. The van der Waals surface area contributed by atoms with Crippen molar-refractivity contribution in [3.05, 3.63) is 78.4 Å². The fourth-order valence-electron chi connectivity index (χ4n) is 3.27. The van der Waals surface area contributed by atoms with Gasteiger partial charge in [-0.15, -0.1) is 0 Å². The number of carbonyl (C=O) groups is 2. The Hall–Kier alpha value is -3.91. The van der Waals surface area contributed by atoms with E-state index in [1.807, 2.05) is 48.5 Å². The predicted molar refractivity (Wildman–Crippen MR) is 133 cm³/mol. The van der Waals surface area contributed by atoms with Crippen molar-refractivity contribution in [3.63, 3.8) is 0 Å². The lowest BCUT2D eigenvalue weighted by Crippen LogP contribution is -2.14. The van der Waals surface area contributed by atoms with Gasteiger partial charge < -0.3 is 14.8 Å². The number of benzene rings is 3. The average molecular weight is 474 g/mol. The summed E-state index contributed by atoms with van der Waals surface area (Å²) in [6.45, 7) is 2.06. The van der Waals surface area contributed by atoms with Gasteiger partial charge in [0.2, 0.25) is 5.91 Å². The van der Waals surface area contributed by atoms with Gasteiger partial charge in [-0.2, -0.15) is 0 Å². The SMILES string of the molecule is CCOC(=O)c1ccc(NC(=O)CSc2nc(-c3ccccc3)nc3ccc(OC)cc23)cc1. The van der Waals surface area contributed by atoms with E-state index >= 15 is 0 Å². The second kappa shape index (κ2) is 10.8. The highest BCUT2D eigenvalue weighted by molar-refractivity contribution is 8.00. The van der Waals surface area contributed by atoms with Crippen LogP contribution in [0.1, 0.15) is 17.3 Å². The monoisotopic (exact) mass is 473 g/mol. The van der Waals surface area contributed by atoms with Gasteiger partial charge in [-0.3, -0.25) is 4.79 Å². The van der Waals surface area contributed by atoms with Gasteiger partial charge in [-0.25, -0.2) is 14.8 Å². The van der Waals surface area contributed by atoms with Crippen molar-refractivity contribution in [2.45, 2.75) is 11.9 Å². The van der Waals surface area contributed by atoms with E-state index in [0.29, 0.717) is 34.5 Å². The summed E-state index contributed by atoms with van der Waals surface area (Å²) < 4.78 is 10.3. The topological polar surface area (TPSA) is 90.4 Å². The number of fused-ring (bicyclic) bond motifs is 1. The Balaban J connectivity index is 1.52. The molecule has 1 aromatic heterocycles. The van der Waals surface area contributed by atoms with Crippen LogP contribution in [0.3, 0.4) is 0 Å². The van der Waals surface area contributed by atoms with Crippen molar-refractivity contribution >= 4 is 40.2 Å². The zero-order valence-corrected chi connectivity index (χ0v) is 19.6. The number of thioether (sulfide) groups is 1. The smallest absolute Gasteiger partial charge is 0.338 e. The van der Waals surface area contributed by atoms with Crippen LogP contribution in [-0.2, 0) is 9.53 Å². The van der Waals surface area contributed by atoms with E-state index in [1.54, 1.807) is 38.3 Å². The number of anilines is 1. The molecule has 0 spiro atoms. The predicted octanol–water partition coefficient (Wildman–Crippen LogP) is 5.21. The van der Waals surface area contributed by atoms with Crippen LogP contribution in [-0.4, -0.2) is 41.3 Å². The molecule has 0 saturated heterocycles. The van der Waals surface area contributed by atoms with Crippen LogP contribution in [0.25, 0.3) is 22.3 Å². The van der Waals surface area contributed by atoms with Crippen molar-refractivity contribution < 1.29 is 19.1 Å². The summed E-state index contributed by atoms with van der Waals surface area (Å²) in [4.78, 5) is 33.8. The summed E-state index contributed by atoms with van der Waals surface area (Å²) in [5.74, 6) is 0.852. The van der Waals surface area contributed by atoms with Gasteiger partial charge in [0.05, 0.1) is 30.5 Å². The molecule has 0 unspecified atom stereocenters. The van der Waals surface area contributed by atoms with E-state index in [4.69, 9.17) is 19.4 Å². The van der Waals surface area contributed by atoms with Gasteiger partial charge in [0.15, 0.2) is 5.82 Å². The van der Waals surface area contributed by atoms with Crippen LogP contribution in [0, 0.1) is 0 Å². The number of amides is 1. The molecule has 0 aliphatic rings. The molecule has 0 saturated carbocycles. The molecule has 1 heterocycles. The van der Waals surface area contributed by atoms with Crippen molar-refractivity contribution in [3.8, 4) is 17.1 Å². The molecule has 0 bridgehead atoms. The molecular formula is C26H23N3O4S. The normalized spacial score (nSPS) is 10.6. The minimum Gasteiger partial charge on any atom is -0.497 e. The van der Waals surface area contributed by atoms with E-state index in [2.05, 4.69) is 5.32 Å². The summed E-state index contributed by atoms with van der Waals surface area (Å²) in [6.07, 6.45) is 0. The second-order valence-electron chi connectivity index (χ2n) is 7.24. The van der Waals surface area contributed by atoms with Crippen LogP contribution in [0.4, 0.5) is 5.69 Å². The summed E-state index contributed by atoms with van der Waals surface area (Å²) in [5.41, 5.74) is 2.70. The first-order chi connectivity index (χ1) is 16.6. The van der Waals surface area contributed by atoms with E-state index < -0.39 is 5.97 Å². The molecule has 0 fully saturated rings. The highest BCUT2D eigenvalue weighted by atomic mass is 32.2. The third-order valence-electron chi connectivity index (χ3n) is 4.92. The molecule has 4 aromatic rings. The molecule has 3 aromatic carbocycles. The summed E-state index contributed by atoms with van der Waals surface area (Å²) in [5, 5.41) is 4.35. The van der Waals surface area contributed by atoms with Gasteiger partial charge in [-0.1, -0.05) is 42.1 Å². The van der Waals surface area contributed by atoms with Crippen LogP contribution in [0.15, 0.2) is 77.8 Å². The molecule has 0 aliphatic carbocycles. The number of hydrogen-bond acceptors (Lipinski definition) is 7. The highest BCUT2D eigenvalue weighted by Gasteiger charge is 2.14. The number of nitrogens with zero attached hydrogens (tertiary/aromatic N) is 2. The Labute approximate surface area is 201 Å². The number of methoxy groups -OCH3 is 1. The number of esters is 1. The quantitative estimate of drug-likeness (QED) is 0.213. The number of rotatable bonds is 8. The Morgan fingerprint density at radius 1 is 0.971 bits per heavy atom. The minimum absolute atomic E-state index is 0.150. The molecule has 1 N–H and O–H groups in total. The summed E-state index contributed by atoms with van der Waals surface area (Å²) in [6, 6.07) is 21.9. The molecule has 0 atom stereocenters. The van der Waals surface area contributed by atoms with Gasteiger partial charge in [-0.05, 0) is 49.4 Å². The minimum atomic E-state index is -0.392. The van der Waals surface area contributed by atoms with Gasteiger partial charge in [0, 0.05) is 16.6 Å². The third kappa shape index (κ3) is 5.52. The van der Waals surface area contributed by atoms with Crippen molar-refractivity contribution in [1.82, 2.24) is 9.97 Å². The van der Waals surface area contributed by atoms with E-state index in [-0.39, 0.29) is 11.7 Å². The number of aromatic nitrogens is 2. The summed E-state index contributed by atoms with van der Waals surface area (Å²) >= 11 is 1.33. The molecule has 172 valence electrons. The van der Waals surface area contributed by atoms with Crippen LogP contribution < -0.4 is 10.1 Å². The maximum atomic E-state index is 12.6. The fraction of sp³-hybridized carbons (Fsp3) is 0.154. The molecule has 34 heavy (non-hydrogen) atoms. The zero-order valence-electron chi connectivity index (χ0n) is 18.8. The zero-order chi connectivity index (χ0) is 23.9. The Morgan fingerprint density at radius 2 is 1.74 bits per heavy atom. The third-order valence-corrected chi connectivity index (χ3v) is 5.91. The first kappa shape index (κ1) is 23.3. The molecule has 1 amide bonds. The van der Waals surface area contributed by atoms with Crippen LogP contribution in [0.5, 0.6) is 5.75 Å². The second-order valence-corrected chi connectivity index (χ2v) is 8.20. The van der Waals surface area contributed by atoms with Crippen molar-refractivity contribution in [1.29, 1.82) is 0 Å². The largest absolute Gasteiger partial charge is 0.497 e. The first-order valence-electron chi connectivity index (χ1n) is 10.7. The number of hydrogen-bond donors (Lipinski definition) is 1. The molecule has 4 rings (SSSR count). The maximum absolute atomic E-state index is 12.6. The lowest BCUT2D eigenvalue weighted by molar-refractivity contribution is -0.113. The maximum Gasteiger partial charge on any atom is 0.338 e. The Bertz CT molecular complexity index is 1310. The van der Waals surface area contributed by atoms with Crippen molar-refractivity contribution in [2.24, 2.45) is 0 Å². The van der Waals surface area contributed by atoms with Crippen LogP contribution in [0.2, 0.25) is 0 Å². The van der Waals surface area contributed by atoms with E-state index in [0.717, 1.165) is 16.5 Å². The molecule has 7 nitrogen and oxygen atoms in total. The van der Waals surface area contributed by atoms with E-state index in [1.165, 1.54) is 11.8 Å². The van der Waals surface area contributed by atoms with Gasteiger partial charge in [0.1, 0.15) is 10.8 Å². The molecule has 8 heteroatoms. The average Bonchev–Trinajstić information content (AvgIpc) is 2.88. The number of carbonyl (C=O) groups excluding carboxylic acids is 2. The van der Waals surface area contributed by atoms with E-state index in [9.17, 15) is 9.59 Å². The highest BCUT2D eigenvalue weighted by Crippen LogP contribution is 2.31. The molecule has 0 aliphatic heterocycles. The lowest BCUT2D eigenvalue weighted by atomic mass is 10.2. The standard InChI is InChI=1S/C26H23N3O4S/c1-3-33-26(31)18-9-11-19(12-10-18)27-23(30)16-34-25-21-15-20(32-2)13-14-22(21)28-24(29-25)17-7-5-4-6-8-17/h4-15H,3,16H2,1-2H3,(H,27,30). The fourth-order valence-corrected chi connectivity index (χ4v) is 4.08.